The smallest absolute Gasteiger partial charge is 0.306 e. The first-order chi connectivity index (χ1) is 39.5. The molecule has 0 heterocycles. The zero-order valence-corrected chi connectivity index (χ0v) is 52.8. The van der Waals surface area contributed by atoms with Crippen LogP contribution < -0.4 is 0 Å². The maximum absolute atomic E-state index is 12.9. The lowest BCUT2D eigenvalue weighted by Crippen LogP contribution is -2.30. The molecule has 0 aliphatic rings. The Morgan fingerprint density at radius 3 is 0.800 bits per heavy atom. The number of hydrogen-bond donors (Lipinski definition) is 0. The summed E-state index contributed by atoms with van der Waals surface area (Å²) in [6.45, 7) is 6.47. The average molecular weight is 1110 g/mol. The van der Waals surface area contributed by atoms with E-state index in [9.17, 15) is 14.4 Å². The highest BCUT2D eigenvalue weighted by atomic mass is 16.6. The van der Waals surface area contributed by atoms with Crippen molar-refractivity contribution in [2.45, 2.75) is 341 Å². The Bertz CT molecular complexity index is 1560. The first kappa shape index (κ1) is 76.3. The Hall–Kier alpha value is -3.67. The molecule has 460 valence electrons. The van der Waals surface area contributed by atoms with Gasteiger partial charge in [-0.2, -0.15) is 0 Å². The zero-order valence-electron chi connectivity index (χ0n) is 52.8. The molecule has 0 rings (SSSR count). The number of carbonyl (C=O) groups is 3. The van der Waals surface area contributed by atoms with Crippen LogP contribution in [0.15, 0.2) is 97.2 Å². The van der Waals surface area contributed by atoms with Gasteiger partial charge in [0.05, 0.1) is 0 Å². The lowest BCUT2D eigenvalue weighted by atomic mass is 10.0. The van der Waals surface area contributed by atoms with Gasteiger partial charge in [0.2, 0.25) is 0 Å². The maximum Gasteiger partial charge on any atom is 0.306 e. The van der Waals surface area contributed by atoms with E-state index in [1.165, 1.54) is 167 Å². The van der Waals surface area contributed by atoms with Crippen molar-refractivity contribution in [2.75, 3.05) is 13.2 Å². The molecule has 0 spiro atoms. The topological polar surface area (TPSA) is 78.9 Å². The first-order valence-corrected chi connectivity index (χ1v) is 34.2. The largest absolute Gasteiger partial charge is 0.462 e. The molecule has 0 amide bonds. The number of ether oxygens (including phenoxy) is 3. The van der Waals surface area contributed by atoms with Gasteiger partial charge in [-0.05, 0) is 116 Å². The minimum absolute atomic E-state index is 0.0901. The molecule has 0 bridgehead atoms. The normalized spacial score (nSPS) is 12.7. The highest BCUT2D eigenvalue weighted by Gasteiger charge is 2.19. The van der Waals surface area contributed by atoms with Crippen LogP contribution >= 0.6 is 0 Å². The predicted molar refractivity (Wildman–Crippen MR) is 348 cm³/mol. The highest BCUT2D eigenvalue weighted by molar-refractivity contribution is 5.71. The van der Waals surface area contributed by atoms with Crippen LogP contribution in [-0.4, -0.2) is 37.2 Å². The summed E-state index contributed by atoms with van der Waals surface area (Å²) in [6.07, 6.45) is 91.5. The number of allylic oxidation sites excluding steroid dienone is 16. The summed E-state index contributed by atoms with van der Waals surface area (Å²) in [5, 5.41) is 0. The van der Waals surface area contributed by atoms with E-state index < -0.39 is 6.10 Å². The fraction of sp³-hybridized carbons (Fsp3) is 0.743. The standard InChI is InChI=1S/C74H128O6/c1-4-7-10-13-16-19-22-25-28-30-31-32-33-34-35-36-37-38-39-40-41-42-43-45-46-49-52-55-58-61-64-67-73(76)79-70-71(69-78-72(75)66-63-60-57-54-51-48-27-24-21-18-15-12-9-6-3)80-74(77)68-65-62-59-56-53-50-47-44-29-26-23-20-17-14-11-8-5-2/h8,11,15,17-18,20,22,24-27,29-31,47,50,71H,4-7,9-10,12-14,16,19,21,23,28,32-46,48-49,51-70H2,1-3H3/b11-8-,18-15-,20-17-,25-22-,27-24-,29-26-,31-30-,50-47-. The van der Waals surface area contributed by atoms with Crippen molar-refractivity contribution in [3.05, 3.63) is 97.2 Å². The van der Waals surface area contributed by atoms with Gasteiger partial charge in [-0.1, -0.05) is 298 Å². The molecule has 0 saturated heterocycles. The Morgan fingerprint density at radius 2 is 0.500 bits per heavy atom. The van der Waals surface area contributed by atoms with Crippen molar-refractivity contribution in [3.63, 3.8) is 0 Å². The Labute approximate surface area is 496 Å². The lowest BCUT2D eigenvalue weighted by molar-refractivity contribution is -0.167. The summed E-state index contributed by atoms with van der Waals surface area (Å²) in [5.74, 6) is -0.917. The Morgan fingerprint density at radius 1 is 0.263 bits per heavy atom. The maximum atomic E-state index is 12.9. The van der Waals surface area contributed by atoms with Gasteiger partial charge in [0.1, 0.15) is 13.2 Å². The zero-order chi connectivity index (χ0) is 57.8. The summed E-state index contributed by atoms with van der Waals surface area (Å²) in [4.78, 5) is 38.3. The van der Waals surface area contributed by atoms with Crippen molar-refractivity contribution in [1.82, 2.24) is 0 Å². The third-order valence-corrected chi connectivity index (χ3v) is 14.8. The lowest BCUT2D eigenvalue weighted by Gasteiger charge is -2.18. The van der Waals surface area contributed by atoms with Crippen LogP contribution in [-0.2, 0) is 28.6 Å². The van der Waals surface area contributed by atoms with Crippen molar-refractivity contribution < 1.29 is 28.6 Å². The number of rotatable bonds is 62. The van der Waals surface area contributed by atoms with E-state index in [1.54, 1.807) is 0 Å². The molecule has 1 atom stereocenters. The molecular formula is C74H128O6. The van der Waals surface area contributed by atoms with Gasteiger partial charge in [-0.25, -0.2) is 0 Å². The molecule has 6 nitrogen and oxygen atoms in total. The Balaban J connectivity index is 4.23. The van der Waals surface area contributed by atoms with Gasteiger partial charge in [-0.15, -0.1) is 0 Å². The molecule has 0 aromatic rings. The molecule has 0 aliphatic heterocycles. The van der Waals surface area contributed by atoms with E-state index in [2.05, 4.69) is 118 Å². The van der Waals surface area contributed by atoms with Crippen LogP contribution in [0.4, 0.5) is 0 Å². The highest BCUT2D eigenvalue weighted by Crippen LogP contribution is 2.17. The van der Waals surface area contributed by atoms with E-state index in [0.29, 0.717) is 19.3 Å². The molecule has 0 radical (unpaired) electrons. The fourth-order valence-electron chi connectivity index (χ4n) is 9.66. The summed E-state index contributed by atoms with van der Waals surface area (Å²) in [6, 6.07) is 0. The van der Waals surface area contributed by atoms with Gasteiger partial charge in [0, 0.05) is 19.3 Å². The minimum atomic E-state index is -0.797. The second-order valence-electron chi connectivity index (χ2n) is 22.7. The third-order valence-electron chi connectivity index (χ3n) is 14.8. The van der Waals surface area contributed by atoms with E-state index in [-0.39, 0.29) is 31.1 Å². The van der Waals surface area contributed by atoms with Crippen LogP contribution in [0.2, 0.25) is 0 Å². The molecule has 0 aliphatic carbocycles. The molecule has 1 unspecified atom stereocenters. The summed E-state index contributed by atoms with van der Waals surface area (Å²) in [7, 11) is 0. The summed E-state index contributed by atoms with van der Waals surface area (Å²) >= 11 is 0. The quantitative estimate of drug-likeness (QED) is 0.0261. The molecule has 80 heavy (non-hydrogen) atoms. The molecule has 6 heteroatoms. The minimum Gasteiger partial charge on any atom is -0.462 e. The molecule has 0 N–H and O–H groups in total. The number of hydrogen-bond acceptors (Lipinski definition) is 6. The Kier molecular flexibility index (Phi) is 64.7. The average Bonchev–Trinajstić information content (AvgIpc) is 3.46. The molecule has 0 fully saturated rings. The van der Waals surface area contributed by atoms with E-state index >= 15 is 0 Å². The van der Waals surface area contributed by atoms with Crippen molar-refractivity contribution in [2.24, 2.45) is 0 Å². The van der Waals surface area contributed by atoms with Crippen LogP contribution in [0, 0.1) is 0 Å². The summed E-state index contributed by atoms with van der Waals surface area (Å²) in [5.41, 5.74) is 0. The molecule has 0 saturated carbocycles. The molecule has 0 aromatic carbocycles. The monoisotopic (exact) mass is 1110 g/mol. The number of unbranched alkanes of at least 4 members (excludes halogenated alkanes) is 35. The van der Waals surface area contributed by atoms with Gasteiger partial charge in [0.15, 0.2) is 6.10 Å². The SMILES string of the molecule is CC/C=C\C/C=C\C/C=C\C/C=C\CCCCCCC(=O)OC(COC(=O)CCCCCCC/C=C\C/C=C\CCCC)COC(=O)CCCCCCCCCCCCCCCCCCCCC/C=C\C/C=C\CCCCCCC. The number of esters is 3. The van der Waals surface area contributed by atoms with E-state index in [1.807, 2.05) is 0 Å². The summed E-state index contributed by atoms with van der Waals surface area (Å²) < 4.78 is 16.9. The van der Waals surface area contributed by atoms with Crippen LogP contribution in [0.3, 0.4) is 0 Å². The second kappa shape index (κ2) is 67.8. The fourth-order valence-corrected chi connectivity index (χ4v) is 9.66. The van der Waals surface area contributed by atoms with Crippen molar-refractivity contribution in [3.8, 4) is 0 Å². The van der Waals surface area contributed by atoms with E-state index in [0.717, 1.165) is 128 Å². The third kappa shape index (κ3) is 65.1. The molecule has 0 aromatic heterocycles. The van der Waals surface area contributed by atoms with Gasteiger partial charge < -0.3 is 14.2 Å². The second-order valence-corrected chi connectivity index (χ2v) is 22.7. The first-order valence-electron chi connectivity index (χ1n) is 34.2. The van der Waals surface area contributed by atoms with Crippen molar-refractivity contribution >= 4 is 17.9 Å². The van der Waals surface area contributed by atoms with E-state index in [4.69, 9.17) is 14.2 Å². The van der Waals surface area contributed by atoms with Gasteiger partial charge in [0.25, 0.3) is 0 Å². The molecular weight excluding hydrogens is 985 g/mol. The van der Waals surface area contributed by atoms with Crippen LogP contribution in [0.5, 0.6) is 0 Å². The predicted octanol–water partition coefficient (Wildman–Crippen LogP) is 23.6. The van der Waals surface area contributed by atoms with Gasteiger partial charge >= 0.3 is 17.9 Å². The van der Waals surface area contributed by atoms with Crippen molar-refractivity contribution in [1.29, 1.82) is 0 Å². The van der Waals surface area contributed by atoms with Crippen LogP contribution in [0.1, 0.15) is 335 Å². The van der Waals surface area contributed by atoms with Crippen LogP contribution in [0.25, 0.3) is 0 Å². The number of carbonyl (C=O) groups excluding carboxylic acids is 3. The van der Waals surface area contributed by atoms with Gasteiger partial charge in [-0.3, -0.25) is 14.4 Å².